The zero-order valence-electron chi connectivity index (χ0n) is 11.3. The third-order valence-electron chi connectivity index (χ3n) is 3.16. The van der Waals surface area contributed by atoms with E-state index in [1.807, 2.05) is 14.0 Å². The maximum Gasteiger partial charge on any atom is 0.253 e. The minimum absolute atomic E-state index is 0.165. The molecule has 2 rings (SSSR count). The molecule has 0 spiro atoms. The van der Waals surface area contributed by atoms with Crippen LogP contribution >= 0.6 is 11.3 Å². The molecule has 0 amide bonds. The molecule has 0 aliphatic heterocycles. The van der Waals surface area contributed by atoms with Crippen LogP contribution in [0.25, 0.3) is 0 Å². The van der Waals surface area contributed by atoms with Crippen LogP contribution in [-0.4, -0.2) is 32.4 Å². The Morgan fingerprint density at radius 3 is 2.79 bits per heavy atom. The standard InChI is InChI=1S/C13H20N2O2S2/c1-4-7-15(11-5-6-11)19(16,17)13-8-10(2)12(18-13)9-14-3/h4,8,11,14H,1,5-7,9H2,2-3H3. The number of hydrogen-bond donors (Lipinski definition) is 1. The normalized spacial score (nSPS) is 15.9. The SMILES string of the molecule is C=CCN(C1CC1)S(=O)(=O)c1cc(C)c(CNC)s1. The Bertz CT molecular complexity index is 559. The van der Waals surface area contributed by atoms with Gasteiger partial charge >= 0.3 is 0 Å². The average Bonchev–Trinajstić information content (AvgIpc) is 3.12. The van der Waals surface area contributed by atoms with Crippen LogP contribution in [0.1, 0.15) is 23.3 Å². The quantitative estimate of drug-likeness (QED) is 0.785. The van der Waals surface area contributed by atoms with Crippen LogP contribution in [0.4, 0.5) is 0 Å². The van der Waals surface area contributed by atoms with Crippen molar-refractivity contribution >= 4 is 21.4 Å². The summed E-state index contributed by atoms with van der Waals surface area (Å²) in [6.45, 7) is 6.71. The third-order valence-corrected chi connectivity index (χ3v) is 6.77. The average molecular weight is 300 g/mol. The first-order valence-electron chi connectivity index (χ1n) is 6.37. The van der Waals surface area contributed by atoms with Crippen molar-refractivity contribution in [2.45, 2.75) is 36.6 Å². The molecular weight excluding hydrogens is 280 g/mol. The molecular formula is C13H20N2O2S2. The molecule has 1 heterocycles. The van der Waals surface area contributed by atoms with E-state index >= 15 is 0 Å². The molecule has 4 nitrogen and oxygen atoms in total. The van der Waals surface area contributed by atoms with Crippen LogP contribution in [0.5, 0.6) is 0 Å². The molecule has 0 atom stereocenters. The van der Waals surface area contributed by atoms with Gasteiger partial charge in [-0.25, -0.2) is 8.42 Å². The summed E-state index contributed by atoms with van der Waals surface area (Å²) >= 11 is 1.36. The maximum absolute atomic E-state index is 12.6. The van der Waals surface area contributed by atoms with Gasteiger partial charge in [0.1, 0.15) is 4.21 Å². The molecule has 0 unspecified atom stereocenters. The molecule has 0 aromatic carbocycles. The van der Waals surface area contributed by atoms with E-state index in [0.717, 1.165) is 23.3 Å². The van der Waals surface area contributed by atoms with Gasteiger partial charge in [0.05, 0.1) is 0 Å². The second-order valence-electron chi connectivity index (χ2n) is 4.80. The van der Waals surface area contributed by atoms with E-state index in [4.69, 9.17) is 0 Å². The molecule has 106 valence electrons. The van der Waals surface area contributed by atoms with Crippen LogP contribution < -0.4 is 5.32 Å². The van der Waals surface area contributed by atoms with Gasteiger partial charge in [-0.2, -0.15) is 4.31 Å². The molecule has 19 heavy (non-hydrogen) atoms. The molecule has 0 radical (unpaired) electrons. The highest BCUT2D eigenvalue weighted by molar-refractivity contribution is 7.91. The van der Waals surface area contributed by atoms with Gasteiger partial charge in [0.2, 0.25) is 0 Å². The molecule has 0 saturated heterocycles. The van der Waals surface area contributed by atoms with Gasteiger partial charge in [0.25, 0.3) is 10.0 Å². The predicted molar refractivity (Wildman–Crippen MR) is 78.9 cm³/mol. The van der Waals surface area contributed by atoms with Crippen molar-refractivity contribution in [3.05, 3.63) is 29.2 Å². The largest absolute Gasteiger partial charge is 0.315 e. The summed E-state index contributed by atoms with van der Waals surface area (Å²) in [6.07, 6.45) is 3.58. The Balaban J connectivity index is 2.32. The van der Waals surface area contributed by atoms with Crippen LogP contribution in [0, 0.1) is 6.92 Å². The summed E-state index contributed by atoms with van der Waals surface area (Å²) < 4.78 is 27.3. The number of hydrogen-bond acceptors (Lipinski definition) is 4. The van der Waals surface area contributed by atoms with E-state index in [0.29, 0.717) is 17.3 Å². The zero-order valence-corrected chi connectivity index (χ0v) is 13.0. The number of nitrogens with zero attached hydrogens (tertiary/aromatic N) is 1. The molecule has 1 N–H and O–H groups in total. The van der Waals surface area contributed by atoms with E-state index in [2.05, 4.69) is 11.9 Å². The number of thiophene rings is 1. The van der Waals surface area contributed by atoms with Crippen LogP contribution in [0.15, 0.2) is 22.9 Å². The second kappa shape index (κ2) is 5.75. The number of sulfonamides is 1. The Morgan fingerprint density at radius 1 is 1.58 bits per heavy atom. The number of rotatable bonds is 7. The molecule has 1 aromatic rings. The molecule has 1 saturated carbocycles. The third kappa shape index (κ3) is 3.08. The Labute approximate surface area is 119 Å². The van der Waals surface area contributed by atoms with Gasteiger partial charge in [0, 0.05) is 24.0 Å². The highest BCUT2D eigenvalue weighted by Gasteiger charge is 2.38. The van der Waals surface area contributed by atoms with Gasteiger partial charge in [0.15, 0.2) is 0 Å². The lowest BCUT2D eigenvalue weighted by molar-refractivity contribution is 0.437. The lowest BCUT2D eigenvalue weighted by Crippen LogP contribution is -2.32. The van der Waals surface area contributed by atoms with Crippen molar-refractivity contribution in [3.63, 3.8) is 0 Å². The summed E-state index contributed by atoms with van der Waals surface area (Å²) in [6, 6.07) is 1.95. The van der Waals surface area contributed by atoms with E-state index < -0.39 is 10.0 Å². The van der Waals surface area contributed by atoms with Crippen molar-refractivity contribution in [3.8, 4) is 0 Å². The van der Waals surface area contributed by atoms with Crippen molar-refractivity contribution < 1.29 is 8.42 Å². The highest BCUT2D eigenvalue weighted by atomic mass is 32.2. The number of nitrogens with one attached hydrogen (secondary N) is 1. The first-order valence-corrected chi connectivity index (χ1v) is 8.63. The lowest BCUT2D eigenvalue weighted by atomic mass is 10.3. The molecule has 1 aromatic heterocycles. The first-order chi connectivity index (χ1) is 9.00. The van der Waals surface area contributed by atoms with E-state index in [-0.39, 0.29) is 6.04 Å². The van der Waals surface area contributed by atoms with Gasteiger partial charge in [-0.05, 0) is 38.4 Å². The molecule has 1 aliphatic rings. The summed E-state index contributed by atoms with van der Waals surface area (Å²) in [7, 11) is -1.50. The van der Waals surface area contributed by atoms with Crippen molar-refractivity contribution in [1.82, 2.24) is 9.62 Å². The monoisotopic (exact) mass is 300 g/mol. The fraction of sp³-hybridized carbons (Fsp3) is 0.538. The minimum Gasteiger partial charge on any atom is -0.315 e. The van der Waals surface area contributed by atoms with Crippen molar-refractivity contribution in [2.24, 2.45) is 0 Å². The first kappa shape index (κ1) is 14.7. The highest BCUT2D eigenvalue weighted by Crippen LogP contribution is 2.35. The minimum atomic E-state index is -3.37. The van der Waals surface area contributed by atoms with Crippen LogP contribution in [0.2, 0.25) is 0 Å². The second-order valence-corrected chi connectivity index (χ2v) is 8.05. The fourth-order valence-corrected chi connectivity index (χ4v) is 5.39. The van der Waals surface area contributed by atoms with Gasteiger partial charge in [-0.3, -0.25) is 0 Å². The van der Waals surface area contributed by atoms with Gasteiger partial charge in [-0.1, -0.05) is 6.08 Å². The Kier molecular flexibility index (Phi) is 4.45. The van der Waals surface area contributed by atoms with Crippen molar-refractivity contribution in [2.75, 3.05) is 13.6 Å². The summed E-state index contributed by atoms with van der Waals surface area (Å²) in [5.41, 5.74) is 1.03. The lowest BCUT2D eigenvalue weighted by Gasteiger charge is -2.18. The maximum atomic E-state index is 12.6. The summed E-state index contributed by atoms with van der Waals surface area (Å²) in [5, 5.41) is 3.06. The van der Waals surface area contributed by atoms with Crippen LogP contribution in [-0.2, 0) is 16.6 Å². The van der Waals surface area contributed by atoms with E-state index in [1.54, 1.807) is 16.4 Å². The van der Waals surface area contributed by atoms with E-state index in [9.17, 15) is 8.42 Å². The number of aryl methyl sites for hydroxylation is 1. The predicted octanol–water partition coefficient (Wildman–Crippen LogP) is 2.12. The molecule has 0 bridgehead atoms. The van der Waals surface area contributed by atoms with Gasteiger partial charge < -0.3 is 5.32 Å². The molecule has 6 heteroatoms. The topological polar surface area (TPSA) is 49.4 Å². The molecule has 1 fully saturated rings. The zero-order chi connectivity index (χ0) is 14.0. The summed E-state index contributed by atoms with van der Waals surface area (Å²) in [5.74, 6) is 0. The smallest absolute Gasteiger partial charge is 0.253 e. The Hall–Kier alpha value is -0.690. The van der Waals surface area contributed by atoms with E-state index in [1.165, 1.54) is 11.3 Å². The molecule has 1 aliphatic carbocycles. The van der Waals surface area contributed by atoms with Crippen molar-refractivity contribution in [1.29, 1.82) is 0 Å². The van der Waals surface area contributed by atoms with Gasteiger partial charge in [-0.15, -0.1) is 17.9 Å². The summed E-state index contributed by atoms with van der Waals surface area (Å²) in [4.78, 5) is 1.08. The van der Waals surface area contributed by atoms with Crippen LogP contribution in [0.3, 0.4) is 0 Å². The fourth-order valence-electron chi connectivity index (χ4n) is 2.00. The Morgan fingerprint density at radius 2 is 2.26 bits per heavy atom.